The lowest BCUT2D eigenvalue weighted by molar-refractivity contribution is 0.369. The molecule has 1 aromatic carbocycles. The van der Waals surface area contributed by atoms with E-state index in [0.717, 1.165) is 12.8 Å². The number of benzene rings is 1. The molecule has 18 heavy (non-hydrogen) atoms. The average molecular weight is 267 g/mol. The van der Waals surface area contributed by atoms with Crippen molar-refractivity contribution in [3.8, 4) is 0 Å². The molecule has 0 radical (unpaired) electrons. The van der Waals surface area contributed by atoms with E-state index in [9.17, 15) is 0 Å². The Hall–Kier alpha value is -0.490. The van der Waals surface area contributed by atoms with E-state index in [4.69, 9.17) is 11.6 Å². The van der Waals surface area contributed by atoms with E-state index in [-0.39, 0.29) is 10.8 Å². The first-order valence-corrected chi connectivity index (χ1v) is 7.36. The molecule has 0 aliphatic rings. The van der Waals surface area contributed by atoms with Gasteiger partial charge in [0, 0.05) is 5.38 Å². The summed E-state index contributed by atoms with van der Waals surface area (Å²) >= 11 is 6.43. The fourth-order valence-electron chi connectivity index (χ4n) is 2.50. The fourth-order valence-corrected chi connectivity index (χ4v) is 2.65. The maximum atomic E-state index is 6.43. The zero-order valence-corrected chi connectivity index (χ0v) is 13.5. The van der Waals surface area contributed by atoms with Crippen LogP contribution in [0.4, 0.5) is 0 Å². The molecule has 1 rings (SSSR count). The van der Waals surface area contributed by atoms with Crippen LogP contribution in [0.25, 0.3) is 0 Å². The Morgan fingerprint density at radius 2 is 1.56 bits per heavy atom. The molecule has 102 valence electrons. The summed E-state index contributed by atoms with van der Waals surface area (Å²) in [6.45, 7) is 13.2. The van der Waals surface area contributed by atoms with Gasteiger partial charge in [0.1, 0.15) is 0 Å². The lowest BCUT2D eigenvalue weighted by atomic mass is 9.87. The lowest BCUT2D eigenvalue weighted by Gasteiger charge is -2.25. The van der Waals surface area contributed by atoms with E-state index in [1.807, 2.05) is 0 Å². The molecular formula is C17H27Cl. The van der Waals surface area contributed by atoms with Crippen LogP contribution in [-0.4, -0.2) is 5.38 Å². The van der Waals surface area contributed by atoms with Crippen LogP contribution in [0, 0.1) is 26.2 Å². The van der Waals surface area contributed by atoms with Gasteiger partial charge in [0.2, 0.25) is 0 Å². The van der Waals surface area contributed by atoms with Gasteiger partial charge in [-0.2, -0.15) is 0 Å². The van der Waals surface area contributed by atoms with Crippen molar-refractivity contribution in [3.05, 3.63) is 34.4 Å². The highest BCUT2D eigenvalue weighted by atomic mass is 35.5. The second-order valence-corrected chi connectivity index (χ2v) is 7.13. The summed E-state index contributed by atoms with van der Waals surface area (Å²) in [7, 11) is 0. The van der Waals surface area contributed by atoms with Crippen molar-refractivity contribution in [3.63, 3.8) is 0 Å². The van der Waals surface area contributed by atoms with Gasteiger partial charge in [-0.05, 0) is 62.1 Å². The minimum atomic E-state index is 0.207. The van der Waals surface area contributed by atoms with Gasteiger partial charge in [-0.15, -0.1) is 11.6 Å². The van der Waals surface area contributed by atoms with Crippen LogP contribution >= 0.6 is 11.6 Å². The Bertz CT molecular complexity index is 376. The van der Waals surface area contributed by atoms with Crippen molar-refractivity contribution in [1.29, 1.82) is 0 Å². The Balaban J connectivity index is 2.60. The molecule has 0 nitrogen and oxygen atoms in total. The van der Waals surface area contributed by atoms with E-state index in [1.165, 1.54) is 28.7 Å². The number of hydrogen-bond donors (Lipinski definition) is 0. The maximum Gasteiger partial charge on any atom is 0.0384 e. The standard InChI is InChI=1S/C17H27Cl/c1-12-10-13(2)15(14(3)11-12)8-7-9-16(18)17(4,5)6/h10-11,16H,7-9H2,1-6H3. The minimum absolute atomic E-state index is 0.207. The molecule has 1 aromatic rings. The largest absolute Gasteiger partial charge is 0.122 e. The summed E-state index contributed by atoms with van der Waals surface area (Å²) in [5.41, 5.74) is 5.93. The van der Waals surface area contributed by atoms with Crippen molar-refractivity contribution in [2.75, 3.05) is 0 Å². The quantitative estimate of drug-likeness (QED) is 0.624. The second kappa shape index (κ2) is 6.10. The van der Waals surface area contributed by atoms with Crippen LogP contribution in [-0.2, 0) is 6.42 Å². The molecule has 1 unspecified atom stereocenters. The molecule has 0 aromatic heterocycles. The van der Waals surface area contributed by atoms with Crippen LogP contribution in [0.5, 0.6) is 0 Å². The van der Waals surface area contributed by atoms with Crippen LogP contribution in [0.2, 0.25) is 0 Å². The number of alkyl halides is 1. The van der Waals surface area contributed by atoms with Crippen LogP contribution in [0.1, 0.15) is 55.9 Å². The first-order chi connectivity index (χ1) is 8.21. The average Bonchev–Trinajstić information content (AvgIpc) is 2.19. The third-order valence-electron chi connectivity index (χ3n) is 3.66. The lowest BCUT2D eigenvalue weighted by Crippen LogP contribution is -2.20. The Kier molecular flexibility index (Phi) is 5.28. The summed E-state index contributed by atoms with van der Waals surface area (Å²) in [4.78, 5) is 0. The van der Waals surface area contributed by atoms with E-state index in [2.05, 4.69) is 53.7 Å². The zero-order chi connectivity index (χ0) is 13.9. The molecule has 0 saturated carbocycles. The van der Waals surface area contributed by atoms with E-state index in [0.29, 0.717) is 0 Å². The topological polar surface area (TPSA) is 0 Å². The number of aryl methyl sites for hydroxylation is 3. The van der Waals surface area contributed by atoms with Crippen molar-refractivity contribution in [1.82, 2.24) is 0 Å². The molecular weight excluding hydrogens is 240 g/mol. The molecule has 0 bridgehead atoms. The summed E-state index contributed by atoms with van der Waals surface area (Å²) in [6.07, 6.45) is 3.42. The van der Waals surface area contributed by atoms with Gasteiger partial charge in [-0.25, -0.2) is 0 Å². The van der Waals surface area contributed by atoms with Crippen molar-refractivity contribution in [2.45, 2.75) is 66.2 Å². The number of halogens is 1. The predicted octanol–water partition coefficient (Wildman–Crippen LogP) is 5.59. The van der Waals surface area contributed by atoms with Crippen molar-refractivity contribution >= 4 is 11.6 Å². The number of hydrogen-bond acceptors (Lipinski definition) is 0. The van der Waals surface area contributed by atoms with Crippen LogP contribution in [0.15, 0.2) is 12.1 Å². The summed E-state index contributed by atoms with van der Waals surface area (Å²) in [6, 6.07) is 4.56. The Morgan fingerprint density at radius 1 is 1.06 bits per heavy atom. The Labute approximate surface area is 118 Å². The van der Waals surface area contributed by atoms with Crippen molar-refractivity contribution < 1.29 is 0 Å². The predicted molar refractivity (Wildman–Crippen MR) is 82.7 cm³/mol. The molecule has 1 heteroatoms. The zero-order valence-electron chi connectivity index (χ0n) is 12.7. The number of rotatable bonds is 4. The third kappa shape index (κ3) is 4.31. The van der Waals surface area contributed by atoms with Gasteiger partial charge in [0.25, 0.3) is 0 Å². The normalized spacial score (nSPS) is 13.7. The highest BCUT2D eigenvalue weighted by molar-refractivity contribution is 6.21. The van der Waals surface area contributed by atoms with Gasteiger partial charge in [0.05, 0.1) is 0 Å². The highest BCUT2D eigenvalue weighted by Gasteiger charge is 2.21. The molecule has 0 fully saturated rings. The van der Waals surface area contributed by atoms with Gasteiger partial charge in [0.15, 0.2) is 0 Å². The summed E-state index contributed by atoms with van der Waals surface area (Å²) in [5.74, 6) is 0. The monoisotopic (exact) mass is 266 g/mol. The van der Waals surface area contributed by atoms with Crippen LogP contribution < -0.4 is 0 Å². The highest BCUT2D eigenvalue weighted by Crippen LogP contribution is 2.29. The van der Waals surface area contributed by atoms with Gasteiger partial charge < -0.3 is 0 Å². The van der Waals surface area contributed by atoms with Gasteiger partial charge in [-0.3, -0.25) is 0 Å². The molecule has 0 aliphatic carbocycles. The molecule has 0 N–H and O–H groups in total. The molecule has 0 saturated heterocycles. The molecule has 0 amide bonds. The SMILES string of the molecule is Cc1cc(C)c(CCCC(Cl)C(C)(C)C)c(C)c1. The first-order valence-electron chi connectivity index (χ1n) is 6.92. The van der Waals surface area contributed by atoms with Crippen LogP contribution in [0.3, 0.4) is 0 Å². The minimum Gasteiger partial charge on any atom is -0.122 e. The second-order valence-electron chi connectivity index (χ2n) is 6.60. The summed E-state index contributed by atoms with van der Waals surface area (Å²) in [5, 5.41) is 0.267. The smallest absolute Gasteiger partial charge is 0.0384 e. The Morgan fingerprint density at radius 3 is 2.00 bits per heavy atom. The molecule has 0 spiro atoms. The summed E-state index contributed by atoms with van der Waals surface area (Å²) < 4.78 is 0. The molecule has 1 atom stereocenters. The van der Waals surface area contributed by atoms with E-state index in [1.54, 1.807) is 0 Å². The van der Waals surface area contributed by atoms with Gasteiger partial charge in [-0.1, -0.05) is 38.5 Å². The van der Waals surface area contributed by atoms with Gasteiger partial charge >= 0.3 is 0 Å². The fraction of sp³-hybridized carbons (Fsp3) is 0.647. The van der Waals surface area contributed by atoms with Crippen molar-refractivity contribution in [2.24, 2.45) is 5.41 Å². The maximum absolute atomic E-state index is 6.43. The molecule has 0 aliphatic heterocycles. The third-order valence-corrected chi connectivity index (χ3v) is 4.54. The van der Waals surface area contributed by atoms with E-state index < -0.39 is 0 Å². The van der Waals surface area contributed by atoms with E-state index >= 15 is 0 Å². The molecule has 0 heterocycles. The first kappa shape index (κ1) is 15.6.